The van der Waals surface area contributed by atoms with Crippen molar-refractivity contribution in [2.75, 3.05) is 13.2 Å². The van der Waals surface area contributed by atoms with E-state index in [0.717, 1.165) is 44.9 Å². The van der Waals surface area contributed by atoms with Gasteiger partial charge in [-0.1, -0.05) is 60.1 Å². The molecule has 22 atom stereocenters. The van der Waals surface area contributed by atoms with Crippen molar-refractivity contribution in [3.05, 3.63) is 11.6 Å². The fraction of sp³-hybridized carbons (Fsp3) is 0.915. The molecule has 18 nitrogen and oxygen atoms in total. The lowest BCUT2D eigenvalue weighted by molar-refractivity contribution is -0.378. The molecule has 3 aliphatic heterocycles. The summed E-state index contributed by atoms with van der Waals surface area (Å²) in [5.41, 5.74) is -0.370. The Hall–Kier alpha value is -1.88. The van der Waals surface area contributed by atoms with Gasteiger partial charge in [0, 0.05) is 0 Å². The van der Waals surface area contributed by atoms with Crippen molar-refractivity contribution in [2.45, 2.75) is 205 Å². The molecule has 0 aromatic heterocycles. The van der Waals surface area contributed by atoms with Crippen molar-refractivity contribution in [1.29, 1.82) is 0 Å². The van der Waals surface area contributed by atoms with Crippen molar-refractivity contribution in [1.82, 2.24) is 0 Å². The van der Waals surface area contributed by atoms with Crippen LogP contribution in [-0.4, -0.2) is 168 Å². The lowest BCUT2D eigenvalue weighted by Crippen LogP contribution is -2.68. The number of ether oxygens (including phenoxy) is 6. The standard InChI is InChI=1S/C47H74O18/c1-42(2)14-16-47(41(58)59)17-15-45(6)21(22(47)18-42)8-9-26-44(5)12-11-27(43(3,4)25(44)10-13-46(26,45)7)62-40-33(55)34(63-39-32(54)30(52)28(50)23(19-48)60-39)35(36(65-40)37(56)57)64-38-31(53)29(51)24(20-49)61-38/h8,22-36,38-40,48-55H,9-20H2,1-7H3,(H,56,57)(H,58,59)/t22-,23+,24-,25-,26+,27-,28+,29-,30-,31+,32+,33+,34+,35-,36-,38-,39-,40+,44-,45-,46+,47-/m0/s1. The van der Waals surface area contributed by atoms with Crippen LogP contribution in [0.2, 0.25) is 0 Å². The van der Waals surface area contributed by atoms with E-state index in [4.69, 9.17) is 28.4 Å². The van der Waals surface area contributed by atoms with E-state index in [-0.39, 0.29) is 39.4 Å². The van der Waals surface area contributed by atoms with Crippen molar-refractivity contribution >= 4 is 11.9 Å². The van der Waals surface area contributed by atoms with Crippen LogP contribution in [0.4, 0.5) is 0 Å². The van der Waals surface area contributed by atoms with Crippen LogP contribution in [0.3, 0.4) is 0 Å². The highest BCUT2D eigenvalue weighted by Crippen LogP contribution is 2.76. The second-order valence-electron chi connectivity index (χ2n) is 23.0. The highest BCUT2D eigenvalue weighted by molar-refractivity contribution is 5.76. The SMILES string of the molecule is CC1(C)CC[C@]2(C(=O)O)CC[C@@]3(C)C(=CC[C@@H]4[C@@]5(C)CC[C@H](O[C@@H]6O[C@H](C(=O)O)[C@@H](O[C@@H]7O[C@@H](CO)[C@H](O)[C@H]7O)[C@H](O[C@@H]7O[C@H](CO)[C@@H](O)[C@H](O)[C@H]7O)[C@H]6O)C(C)(C)[C@@H]5CC[C@]43C)[C@@H]2C1. The third kappa shape index (κ3) is 7.67. The number of carbonyl (C=O) groups is 2. The fourth-order valence-electron chi connectivity index (χ4n) is 14.9. The monoisotopic (exact) mass is 926 g/mol. The number of rotatable bonds is 10. The first-order valence-corrected chi connectivity index (χ1v) is 23.7. The molecular formula is C47H74O18. The summed E-state index contributed by atoms with van der Waals surface area (Å²) in [6, 6.07) is 0. The maximum Gasteiger partial charge on any atom is 0.335 e. The third-order valence-corrected chi connectivity index (χ3v) is 19.0. The van der Waals surface area contributed by atoms with Crippen LogP contribution < -0.4 is 0 Å². The van der Waals surface area contributed by atoms with Crippen LogP contribution in [0.25, 0.3) is 0 Å². The minimum atomic E-state index is -1.99. The summed E-state index contributed by atoms with van der Waals surface area (Å²) < 4.78 is 35.8. The van der Waals surface area contributed by atoms with E-state index in [0.29, 0.717) is 19.3 Å². The Labute approximate surface area is 380 Å². The Balaban J connectivity index is 1.06. The maximum atomic E-state index is 13.1. The minimum Gasteiger partial charge on any atom is -0.481 e. The molecule has 8 aliphatic rings. The molecule has 8 rings (SSSR count). The number of allylic oxidation sites excluding steroid dienone is 2. The Morgan fingerprint density at radius 2 is 1.22 bits per heavy atom. The zero-order chi connectivity index (χ0) is 47.6. The van der Waals surface area contributed by atoms with E-state index >= 15 is 0 Å². The molecular weight excluding hydrogens is 852 g/mol. The number of aliphatic carboxylic acids is 2. The molecule has 4 saturated carbocycles. The molecule has 10 N–H and O–H groups in total. The molecule has 0 amide bonds. The zero-order valence-corrected chi connectivity index (χ0v) is 38.7. The summed E-state index contributed by atoms with van der Waals surface area (Å²) in [5, 5.41) is 106. The first kappa shape index (κ1) is 49.5. The summed E-state index contributed by atoms with van der Waals surface area (Å²) in [6.07, 6.45) is -14.9. The average Bonchev–Trinajstić information content (AvgIpc) is 3.51. The van der Waals surface area contributed by atoms with Gasteiger partial charge in [0.1, 0.15) is 61.0 Å². The summed E-state index contributed by atoms with van der Waals surface area (Å²) in [6.45, 7) is 14.5. The molecule has 65 heavy (non-hydrogen) atoms. The fourth-order valence-corrected chi connectivity index (χ4v) is 14.9. The molecule has 5 aliphatic carbocycles. The normalized spacial score (nSPS) is 52.6. The first-order valence-electron chi connectivity index (χ1n) is 23.7. The van der Waals surface area contributed by atoms with Crippen molar-refractivity contribution < 1.29 is 89.1 Å². The molecule has 0 radical (unpaired) electrons. The second kappa shape index (κ2) is 17.2. The number of hydrogen-bond donors (Lipinski definition) is 10. The van der Waals surface area contributed by atoms with Crippen LogP contribution in [-0.2, 0) is 38.0 Å². The van der Waals surface area contributed by atoms with Crippen LogP contribution in [0.1, 0.15) is 113 Å². The predicted octanol–water partition coefficient (Wildman–Crippen LogP) is 1.44. The molecule has 18 heteroatoms. The van der Waals surface area contributed by atoms with Gasteiger partial charge in [0.05, 0.1) is 24.7 Å². The number of aliphatic hydroxyl groups excluding tert-OH is 8. The smallest absolute Gasteiger partial charge is 0.335 e. The number of aliphatic hydroxyl groups is 8. The van der Waals surface area contributed by atoms with Gasteiger partial charge in [-0.25, -0.2) is 4.79 Å². The van der Waals surface area contributed by atoms with Gasteiger partial charge in [-0.15, -0.1) is 0 Å². The zero-order valence-electron chi connectivity index (χ0n) is 38.7. The van der Waals surface area contributed by atoms with Gasteiger partial charge < -0.3 is 79.5 Å². The predicted molar refractivity (Wildman–Crippen MR) is 225 cm³/mol. The molecule has 0 spiro atoms. The van der Waals surface area contributed by atoms with Crippen molar-refractivity contribution in [2.24, 2.45) is 50.2 Å². The topological polar surface area (TPSA) is 292 Å². The quantitative estimate of drug-likeness (QED) is 0.110. The van der Waals surface area contributed by atoms with Crippen LogP contribution in [0.15, 0.2) is 11.6 Å². The highest BCUT2D eigenvalue weighted by atomic mass is 16.8. The Kier molecular flexibility index (Phi) is 13.1. The molecule has 7 fully saturated rings. The van der Waals surface area contributed by atoms with E-state index in [2.05, 4.69) is 54.5 Å². The minimum absolute atomic E-state index is 0.0127. The lowest BCUT2D eigenvalue weighted by Gasteiger charge is -2.71. The van der Waals surface area contributed by atoms with Gasteiger partial charge in [0.25, 0.3) is 0 Å². The number of carboxylic acid groups (broad SMARTS) is 2. The summed E-state index contributed by atoms with van der Waals surface area (Å²) in [7, 11) is 0. The van der Waals surface area contributed by atoms with Gasteiger partial charge in [-0.3, -0.25) is 4.79 Å². The van der Waals surface area contributed by atoms with Gasteiger partial charge >= 0.3 is 11.9 Å². The van der Waals surface area contributed by atoms with Gasteiger partial charge in [-0.05, 0) is 109 Å². The Morgan fingerprint density at radius 3 is 1.82 bits per heavy atom. The van der Waals surface area contributed by atoms with Crippen LogP contribution in [0.5, 0.6) is 0 Å². The van der Waals surface area contributed by atoms with Gasteiger partial charge in [0.15, 0.2) is 25.0 Å². The molecule has 3 saturated heterocycles. The molecule has 0 aromatic carbocycles. The molecule has 0 aromatic rings. The second-order valence-corrected chi connectivity index (χ2v) is 23.0. The van der Waals surface area contributed by atoms with E-state index < -0.39 is 128 Å². The summed E-state index contributed by atoms with van der Waals surface area (Å²) >= 11 is 0. The molecule has 370 valence electrons. The summed E-state index contributed by atoms with van der Waals surface area (Å²) in [5.74, 6) is -1.89. The first-order chi connectivity index (χ1) is 30.3. The van der Waals surface area contributed by atoms with Gasteiger partial charge in [-0.2, -0.15) is 0 Å². The third-order valence-electron chi connectivity index (χ3n) is 19.0. The Bertz CT molecular complexity index is 1820. The lowest BCUT2D eigenvalue weighted by atomic mass is 9.33. The Morgan fingerprint density at radius 1 is 0.646 bits per heavy atom. The van der Waals surface area contributed by atoms with Crippen molar-refractivity contribution in [3.8, 4) is 0 Å². The molecule has 3 heterocycles. The average molecular weight is 927 g/mol. The van der Waals surface area contributed by atoms with Gasteiger partial charge in [0.2, 0.25) is 0 Å². The van der Waals surface area contributed by atoms with Crippen LogP contribution in [0, 0.1) is 50.2 Å². The van der Waals surface area contributed by atoms with E-state index in [1.165, 1.54) is 5.57 Å². The molecule has 0 unspecified atom stereocenters. The van der Waals surface area contributed by atoms with Crippen molar-refractivity contribution in [3.63, 3.8) is 0 Å². The number of fused-ring (bicyclic) bond motifs is 7. The van der Waals surface area contributed by atoms with Crippen LogP contribution >= 0.6 is 0 Å². The van der Waals surface area contributed by atoms with E-state index in [9.17, 15) is 60.7 Å². The number of hydrogen-bond acceptors (Lipinski definition) is 16. The molecule has 0 bridgehead atoms. The van der Waals surface area contributed by atoms with E-state index in [1.807, 2.05) is 0 Å². The largest absolute Gasteiger partial charge is 0.481 e. The highest BCUT2D eigenvalue weighted by Gasteiger charge is 2.70. The van der Waals surface area contributed by atoms with E-state index in [1.54, 1.807) is 0 Å². The number of carboxylic acids is 2. The maximum absolute atomic E-state index is 13.1. The summed E-state index contributed by atoms with van der Waals surface area (Å²) in [4.78, 5) is 26.2.